The Kier molecular flexibility index (Phi) is 7.44. The number of aromatic nitrogens is 2. The van der Waals surface area contributed by atoms with E-state index in [0.29, 0.717) is 42.6 Å². The fourth-order valence-electron chi connectivity index (χ4n) is 4.98. The van der Waals surface area contributed by atoms with Crippen LogP contribution in [-0.2, 0) is 30.7 Å². The Balaban J connectivity index is 1.53. The summed E-state index contributed by atoms with van der Waals surface area (Å²) < 4.78 is 12.7. The molecule has 1 N–H and O–H groups in total. The Morgan fingerprint density at radius 2 is 1.88 bits per heavy atom. The van der Waals surface area contributed by atoms with E-state index in [-0.39, 0.29) is 24.3 Å². The molecular weight excluding hydrogens is 432 g/mol. The molecule has 0 unspecified atom stereocenters. The highest BCUT2D eigenvalue weighted by atomic mass is 16.5. The van der Waals surface area contributed by atoms with Crippen LogP contribution in [0.4, 0.5) is 0 Å². The van der Waals surface area contributed by atoms with Gasteiger partial charge in [-0.2, -0.15) is 5.10 Å². The van der Waals surface area contributed by atoms with E-state index in [4.69, 9.17) is 14.6 Å². The number of benzene rings is 1. The third-order valence-electron chi connectivity index (χ3n) is 6.73. The smallest absolute Gasteiger partial charge is 0.272 e. The Bertz CT molecular complexity index is 1040. The normalized spacial score (nSPS) is 16.0. The third kappa shape index (κ3) is 5.21. The molecule has 0 saturated heterocycles. The second-order valence-corrected chi connectivity index (χ2v) is 9.74. The molecule has 8 nitrogen and oxygen atoms in total. The van der Waals surface area contributed by atoms with Gasteiger partial charge in [0.15, 0.2) is 17.2 Å². The average Bonchev–Trinajstić information content (AvgIpc) is 3.46. The summed E-state index contributed by atoms with van der Waals surface area (Å²) in [4.78, 5) is 28.2. The number of fused-ring (bicyclic) bond motifs is 1. The van der Waals surface area contributed by atoms with Gasteiger partial charge >= 0.3 is 0 Å². The number of methoxy groups -OCH3 is 2. The largest absolute Gasteiger partial charge is 0.493 e. The van der Waals surface area contributed by atoms with Crippen molar-refractivity contribution in [1.82, 2.24) is 20.0 Å². The Labute approximate surface area is 201 Å². The molecule has 34 heavy (non-hydrogen) atoms. The molecule has 1 saturated carbocycles. The first kappa shape index (κ1) is 24.1. The minimum Gasteiger partial charge on any atom is -0.493 e. The minimum atomic E-state index is -0.111. The molecular formula is C26H36N4O4. The van der Waals surface area contributed by atoms with Crippen LogP contribution in [0.1, 0.15) is 66.8 Å². The molecule has 1 aromatic heterocycles. The number of hydrogen-bond acceptors (Lipinski definition) is 5. The zero-order valence-corrected chi connectivity index (χ0v) is 20.7. The lowest BCUT2D eigenvalue weighted by atomic mass is 10.0. The van der Waals surface area contributed by atoms with E-state index in [0.717, 1.165) is 49.0 Å². The summed E-state index contributed by atoms with van der Waals surface area (Å²) in [7, 11) is 3.18. The lowest BCUT2D eigenvalue weighted by molar-refractivity contribution is -0.131. The van der Waals surface area contributed by atoms with Crippen molar-refractivity contribution < 1.29 is 19.1 Å². The molecule has 1 aliphatic carbocycles. The molecule has 2 aromatic rings. The van der Waals surface area contributed by atoms with Gasteiger partial charge in [-0.25, -0.2) is 0 Å². The molecule has 1 aliphatic heterocycles. The molecule has 4 rings (SSSR count). The van der Waals surface area contributed by atoms with Crippen molar-refractivity contribution >= 4 is 11.8 Å². The summed E-state index contributed by atoms with van der Waals surface area (Å²) in [6.45, 7) is 6.08. The van der Waals surface area contributed by atoms with Gasteiger partial charge in [-0.15, -0.1) is 0 Å². The lowest BCUT2D eigenvalue weighted by Gasteiger charge is -2.28. The summed E-state index contributed by atoms with van der Waals surface area (Å²) in [5.74, 6) is 1.57. The highest BCUT2D eigenvalue weighted by Crippen LogP contribution is 2.29. The number of carbonyl (C=O) groups is 2. The lowest BCUT2D eigenvalue weighted by Crippen LogP contribution is -2.38. The van der Waals surface area contributed by atoms with Crippen LogP contribution in [-0.4, -0.2) is 53.3 Å². The second kappa shape index (κ2) is 10.5. The second-order valence-electron chi connectivity index (χ2n) is 9.74. The van der Waals surface area contributed by atoms with Crippen molar-refractivity contribution in [3.63, 3.8) is 0 Å². The van der Waals surface area contributed by atoms with Gasteiger partial charge < -0.3 is 19.7 Å². The van der Waals surface area contributed by atoms with Crippen LogP contribution in [0, 0.1) is 5.92 Å². The molecule has 0 atom stereocenters. The molecule has 2 heterocycles. The monoisotopic (exact) mass is 468 g/mol. The summed E-state index contributed by atoms with van der Waals surface area (Å²) in [6, 6.07) is 5.77. The first-order valence-electron chi connectivity index (χ1n) is 12.3. The van der Waals surface area contributed by atoms with Crippen molar-refractivity contribution in [2.24, 2.45) is 5.92 Å². The molecule has 0 bridgehead atoms. The van der Waals surface area contributed by atoms with Gasteiger partial charge in [0, 0.05) is 43.4 Å². The fraction of sp³-hybridized carbons (Fsp3) is 0.577. The quantitative estimate of drug-likeness (QED) is 0.642. The standard InChI is InChI=1S/C26H36N4O4/c1-17(2)15-30-21-11-12-29(24(31)14-18-9-10-22(33-3)23(13-18)34-4)16-20(21)25(28-30)26(32)27-19-7-5-6-8-19/h9-10,13,17,19H,5-8,11-12,14-16H2,1-4H3,(H,27,32). The van der Waals surface area contributed by atoms with Crippen LogP contribution in [0.15, 0.2) is 18.2 Å². The number of carbonyl (C=O) groups excluding carboxylic acids is 2. The molecule has 0 spiro atoms. The number of nitrogens with one attached hydrogen (secondary N) is 1. The van der Waals surface area contributed by atoms with Crippen molar-refractivity contribution in [2.75, 3.05) is 20.8 Å². The van der Waals surface area contributed by atoms with Gasteiger partial charge in [-0.05, 0) is 36.5 Å². The van der Waals surface area contributed by atoms with Crippen LogP contribution >= 0.6 is 0 Å². The maximum atomic E-state index is 13.2. The summed E-state index contributed by atoms with van der Waals surface area (Å²) in [5, 5.41) is 7.91. The predicted molar refractivity (Wildman–Crippen MR) is 129 cm³/mol. The van der Waals surface area contributed by atoms with Crippen LogP contribution in [0.25, 0.3) is 0 Å². The number of rotatable bonds is 8. The van der Waals surface area contributed by atoms with E-state index in [2.05, 4.69) is 19.2 Å². The van der Waals surface area contributed by atoms with E-state index in [1.807, 2.05) is 27.8 Å². The van der Waals surface area contributed by atoms with E-state index in [9.17, 15) is 9.59 Å². The van der Waals surface area contributed by atoms with E-state index in [1.54, 1.807) is 14.2 Å². The summed E-state index contributed by atoms with van der Waals surface area (Å²) in [6.07, 6.45) is 5.32. The topological polar surface area (TPSA) is 85.7 Å². The molecule has 2 aliphatic rings. The third-order valence-corrected chi connectivity index (χ3v) is 6.73. The van der Waals surface area contributed by atoms with Gasteiger partial charge in [-0.1, -0.05) is 32.8 Å². The van der Waals surface area contributed by atoms with E-state index >= 15 is 0 Å². The molecule has 1 aromatic carbocycles. The molecule has 2 amide bonds. The molecule has 184 valence electrons. The maximum Gasteiger partial charge on any atom is 0.272 e. The maximum absolute atomic E-state index is 13.2. The SMILES string of the molecule is COc1ccc(CC(=O)N2CCc3c(c(C(=O)NC4CCCC4)nn3CC(C)C)C2)cc1OC. The van der Waals surface area contributed by atoms with Gasteiger partial charge in [0.25, 0.3) is 5.91 Å². The van der Waals surface area contributed by atoms with Gasteiger partial charge in [-0.3, -0.25) is 14.3 Å². The van der Waals surface area contributed by atoms with E-state index < -0.39 is 0 Å². The van der Waals surface area contributed by atoms with Gasteiger partial charge in [0.05, 0.1) is 20.6 Å². The average molecular weight is 469 g/mol. The van der Waals surface area contributed by atoms with Crippen LogP contribution in [0.3, 0.4) is 0 Å². The predicted octanol–water partition coefficient (Wildman–Crippen LogP) is 3.36. The Hall–Kier alpha value is -3.03. The Morgan fingerprint density at radius 1 is 1.15 bits per heavy atom. The van der Waals surface area contributed by atoms with Crippen LogP contribution < -0.4 is 14.8 Å². The molecule has 1 fully saturated rings. The first-order valence-corrected chi connectivity index (χ1v) is 12.3. The molecule has 8 heteroatoms. The minimum absolute atomic E-state index is 0.0247. The number of nitrogens with zero attached hydrogens (tertiary/aromatic N) is 3. The fourth-order valence-corrected chi connectivity index (χ4v) is 4.98. The first-order chi connectivity index (χ1) is 16.4. The molecule has 0 radical (unpaired) electrons. The highest BCUT2D eigenvalue weighted by molar-refractivity contribution is 5.94. The van der Waals surface area contributed by atoms with Gasteiger partial charge in [0.2, 0.25) is 5.91 Å². The number of ether oxygens (including phenoxy) is 2. The Morgan fingerprint density at radius 3 is 2.56 bits per heavy atom. The number of amides is 2. The zero-order valence-electron chi connectivity index (χ0n) is 20.7. The van der Waals surface area contributed by atoms with Crippen molar-refractivity contribution in [3.05, 3.63) is 40.7 Å². The van der Waals surface area contributed by atoms with Crippen molar-refractivity contribution in [2.45, 2.75) is 71.5 Å². The van der Waals surface area contributed by atoms with Crippen LogP contribution in [0.2, 0.25) is 0 Å². The zero-order chi connectivity index (χ0) is 24.2. The summed E-state index contributed by atoms with van der Waals surface area (Å²) >= 11 is 0. The van der Waals surface area contributed by atoms with Crippen molar-refractivity contribution in [3.8, 4) is 11.5 Å². The summed E-state index contributed by atoms with van der Waals surface area (Å²) in [5.41, 5.74) is 3.32. The highest BCUT2D eigenvalue weighted by Gasteiger charge is 2.31. The van der Waals surface area contributed by atoms with Crippen molar-refractivity contribution in [1.29, 1.82) is 0 Å². The van der Waals surface area contributed by atoms with E-state index in [1.165, 1.54) is 0 Å². The van der Waals surface area contributed by atoms with Gasteiger partial charge in [0.1, 0.15) is 0 Å². The van der Waals surface area contributed by atoms with Crippen LogP contribution in [0.5, 0.6) is 11.5 Å². The number of hydrogen-bond donors (Lipinski definition) is 1.